The molecule has 3 heterocycles. The third-order valence-corrected chi connectivity index (χ3v) is 5.35. The van der Waals surface area contributed by atoms with E-state index in [0.29, 0.717) is 12.5 Å². The molecule has 2 amide bonds. The van der Waals surface area contributed by atoms with Crippen molar-refractivity contribution < 1.29 is 9.53 Å². The van der Waals surface area contributed by atoms with Crippen molar-refractivity contribution in [2.45, 2.75) is 38.0 Å². The van der Waals surface area contributed by atoms with E-state index < -0.39 is 0 Å². The number of ether oxygens (including phenoxy) is 1. The van der Waals surface area contributed by atoms with Gasteiger partial charge in [-0.2, -0.15) is 0 Å². The van der Waals surface area contributed by atoms with Crippen molar-refractivity contribution in [1.82, 2.24) is 25.2 Å². The van der Waals surface area contributed by atoms with Crippen LogP contribution >= 0.6 is 0 Å². The summed E-state index contributed by atoms with van der Waals surface area (Å²) in [5, 5.41) is 11.1. The molecule has 0 aliphatic carbocycles. The lowest BCUT2D eigenvalue weighted by atomic mass is 9.97. The second kappa shape index (κ2) is 7.86. The van der Waals surface area contributed by atoms with Gasteiger partial charge in [0.25, 0.3) is 0 Å². The summed E-state index contributed by atoms with van der Waals surface area (Å²) < 4.78 is 7.74. The quantitative estimate of drug-likeness (QED) is 0.913. The number of likely N-dealkylation sites (tertiary alicyclic amines) is 1. The fourth-order valence-corrected chi connectivity index (χ4v) is 3.87. The Morgan fingerprint density at radius 3 is 2.73 bits per heavy atom. The van der Waals surface area contributed by atoms with Crippen LogP contribution in [0.25, 0.3) is 0 Å². The van der Waals surface area contributed by atoms with Gasteiger partial charge in [0.15, 0.2) is 0 Å². The van der Waals surface area contributed by atoms with Crippen LogP contribution < -0.4 is 5.32 Å². The Hall–Kier alpha value is -2.41. The molecule has 1 aromatic heterocycles. The van der Waals surface area contributed by atoms with Crippen molar-refractivity contribution in [3.8, 4) is 0 Å². The largest absolute Gasteiger partial charge is 0.371 e. The van der Waals surface area contributed by atoms with Gasteiger partial charge in [0.2, 0.25) is 0 Å². The van der Waals surface area contributed by atoms with Crippen molar-refractivity contribution in [3.63, 3.8) is 0 Å². The lowest BCUT2D eigenvalue weighted by Gasteiger charge is -2.33. The summed E-state index contributed by atoms with van der Waals surface area (Å²) in [5.41, 5.74) is 1.13. The molecule has 2 aliphatic heterocycles. The summed E-state index contributed by atoms with van der Waals surface area (Å²) in [6, 6.07) is 10.2. The highest BCUT2D eigenvalue weighted by atomic mass is 16.5. The van der Waals surface area contributed by atoms with Gasteiger partial charge in [-0.25, -0.2) is 4.79 Å². The fraction of sp³-hybridized carbons (Fsp3) is 0.526. The summed E-state index contributed by atoms with van der Waals surface area (Å²) in [4.78, 5) is 14.6. The van der Waals surface area contributed by atoms with Gasteiger partial charge < -0.3 is 15.0 Å². The van der Waals surface area contributed by atoms with E-state index in [1.165, 1.54) is 0 Å². The summed E-state index contributed by atoms with van der Waals surface area (Å²) in [7, 11) is 0. The average molecular weight is 355 g/mol. The number of benzene rings is 1. The number of carbonyl (C=O) groups is 1. The Labute approximate surface area is 153 Å². The first kappa shape index (κ1) is 17.0. The molecule has 2 fully saturated rings. The van der Waals surface area contributed by atoms with E-state index in [0.717, 1.165) is 44.5 Å². The number of nitrogens with one attached hydrogen (secondary N) is 1. The minimum Gasteiger partial charge on any atom is -0.371 e. The Kier molecular flexibility index (Phi) is 5.15. The van der Waals surface area contributed by atoms with Crippen LogP contribution in [0.4, 0.5) is 4.79 Å². The van der Waals surface area contributed by atoms with E-state index in [9.17, 15) is 4.79 Å². The monoisotopic (exact) mass is 355 g/mol. The molecule has 2 aromatic rings. The second-order valence-corrected chi connectivity index (χ2v) is 7.10. The SMILES string of the molecule is O=C(N[C@@H]1CCO[C@H]1c1ccccc1)N1CCC(Cn2ccnn2)CC1. The van der Waals surface area contributed by atoms with Crippen LogP contribution in [0.3, 0.4) is 0 Å². The zero-order valence-corrected chi connectivity index (χ0v) is 14.8. The van der Waals surface area contributed by atoms with Gasteiger partial charge in [0.05, 0.1) is 12.2 Å². The Morgan fingerprint density at radius 1 is 1.19 bits per heavy atom. The van der Waals surface area contributed by atoms with E-state index in [1.807, 2.05) is 34.0 Å². The molecule has 138 valence electrons. The number of hydrogen-bond donors (Lipinski definition) is 1. The van der Waals surface area contributed by atoms with E-state index in [-0.39, 0.29) is 18.2 Å². The maximum absolute atomic E-state index is 12.7. The smallest absolute Gasteiger partial charge is 0.317 e. The standard InChI is InChI=1S/C19H25N5O2/c25-19(21-17-8-13-26-18(17)16-4-2-1-3-5-16)23-10-6-15(7-11-23)14-24-12-9-20-22-24/h1-5,9,12,15,17-18H,6-8,10-11,13-14H2,(H,21,25)/t17-,18+/m1/s1. The number of amides is 2. The first-order chi connectivity index (χ1) is 12.8. The highest BCUT2D eigenvalue weighted by Gasteiger charge is 2.32. The van der Waals surface area contributed by atoms with Crippen LogP contribution in [0, 0.1) is 5.92 Å². The molecule has 0 spiro atoms. The van der Waals surface area contributed by atoms with Crippen molar-refractivity contribution in [2.24, 2.45) is 5.92 Å². The fourth-order valence-electron chi connectivity index (χ4n) is 3.87. The van der Waals surface area contributed by atoms with Crippen LogP contribution in [-0.2, 0) is 11.3 Å². The molecule has 1 aromatic carbocycles. The minimum absolute atomic E-state index is 0.0284. The third-order valence-electron chi connectivity index (χ3n) is 5.35. The normalized spacial score (nSPS) is 23.9. The molecule has 0 radical (unpaired) electrons. The molecule has 1 N–H and O–H groups in total. The topological polar surface area (TPSA) is 72.3 Å². The summed E-state index contributed by atoms with van der Waals surface area (Å²) in [5.74, 6) is 0.549. The third kappa shape index (κ3) is 3.88. The van der Waals surface area contributed by atoms with Gasteiger partial charge in [0, 0.05) is 32.4 Å². The summed E-state index contributed by atoms with van der Waals surface area (Å²) in [6.07, 6.45) is 6.39. The van der Waals surface area contributed by atoms with Crippen LogP contribution in [0.15, 0.2) is 42.7 Å². The highest BCUT2D eigenvalue weighted by Crippen LogP contribution is 2.29. The molecule has 4 rings (SSSR count). The zero-order valence-electron chi connectivity index (χ0n) is 14.8. The van der Waals surface area contributed by atoms with E-state index in [1.54, 1.807) is 6.20 Å². The average Bonchev–Trinajstić information content (AvgIpc) is 3.35. The van der Waals surface area contributed by atoms with Crippen LogP contribution in [0.5, 0.6) is 0 Å². The predicted octanol–water partition coefficient (Wildman–Crippen LogP) is 2.23. The Bertz CT molecular complexity index is 698. The van der Waals surface area contributed by atoms with Crippen molar-refractivity contribution in [3.05, 3.63) is 48.3 Å². The molecule has 26 heavy (non-hydrogen) atoms. The van der Waals surface area contributed by atoms with Crippen molar-refractivity contribution >= 4 is 6.03 Å². The van der Waals surface area contributed by atoms with E-state index in [4.69, 9.17) is 4.74 Å². The molecule has 0 unspecified atom stereocenters. The zero-order chi connectivity index (χ0) is 17.8. The number of rotatable bonds is 4. The molecule has 2 saturated heterocycles. The van der Waals surface area contributed by atoms with Crippen LogP contribution in [0.1, 0.15) is 30.9 Å². The van der Waals surface area contributed by atoms with Gasteiger partial charge in [0.1, 0.15) is 6.10 Å². The van der Waals surface area contributed by atoms with E-state index in [2.05, 4.69) is 27.8 Å². The number of urea groups is 1. The lowest BCUT2D eigenvalue weighted by molar-refractivity contribution is 0.0966. The predicted molar refractivity (Wildman–Crippen MR) is 96.4 cm³/mol. The number of hydrogen-bond acceptors (Lipinski definition) is 4. The Morgan fingerprint density at radius 2 is 2.00 bits per heavy atom. The molecule has 7 heteroatoms. The minimum atomic E-state index is -0.0509. The Balaban J connectivity index is 1.28. The molecule has 7 nitrogen and oxygen atoms in total. The van der Waals surface area contributed by atoms with Crippen molar-refractivity contribution in [2.75, 3.05) is 19.7 Å². The van der Waals surface area contributed by atoms with Crippen LogP contribution in [0.2, 0.25) is 0 Å². The van der Waals surface area contributed by atoms with Gasteiger partial charge in [-0.1, -0.05) is 35.5 Å². The number of piperidine rings is 1. The van der Waals surface area contributed by atoms with Crippen LogP contribution in [-0.4, -0.2) is 51.7 Å². The van der Waals surface area contributed by atoms with Crippen molar-refractivity contribution in [1.29, 1.82) is 0 Å². The number of carbonyl (C=O) groups excluding carboxylic acids is 1. The van der Waals surface area contributed by atoms with Gasteiger partial charge in [-0.15, -0.1) is 5.10 Å². The first-order valence-corrected chi connectivity index (χ1v) is 9.35. The molecular formula is C19H25N5O2. The number of nitrogens with zero attached hydrogens (tertiary/aromatic N) is 4. The summed E-state index contributed by atoms with van der Waals surface area (Å²) >= 11 is 0. The van der Waals surface area contributed by atoms with Gasteiger partial charge in [-0.3, -0.25) is 4.68 Å². The molecule has 2 atom stereocenters. The molecular weight excluding hydrogens is 330 g/mol. The lowest BCUT2D eigenvalue weighted by Crippen LogP contribution is -2.48. The highest BCUT2D eigenvalue weighted by molar-refractivity contribution is 5.74. The van der Waals surface area contributed by atoms with Gasteiger partial charge >= 0.3 is 6.03 Å². The maximum atomic E-state index is 12.7. The molecule has 2 aliphatic rings. The van der Waals surface area contributed by atoms with E-state index >= 15 is 0 Å². The number of aromatic nitrogens is 3. The summed E-state index contributed by atoms with van der Waals surface area (Å²) in [6.45, 7) is 3.13. The molecule has 0 bridgehead atoms. The van der Waals surface area contributed by atoms with Gasteiger partial charge in [-0.05, 0) is 30.7 Å². The second-order valence-electron chi connectivity index (χ2n) is 7.10. The maximum Gasteiger partial charge on any atom is 0.317 e. The first-order valence-electron chi connectivity index (χ1n) is 9.35. The molecule has 0 saturated carbocycles.